The van der Waals surface area contributed by atoms with Gasteiger partial charge in [0, 0.05) is 33.5 Å². The summed E-state index contributed by atoms with van der Waals surface area (Å²) in [4.78, 5) is 7.58. The van der Waals surface area contributed by atoms with Gasteiger partial charge in [-0.1, -0.05) is 182 Å². The Morgan fingerprint density at radius 1 is 0.323 bits per heavy atom. The van der Waals surface area contributed by atoms with Crippen LogP contribution >= 0.6 is 0 Å². The molecule has 10 aromatic carbocycles. The van der Waals surface area contributed by atoms with Gasteiger partial charge in [-0.15, -0.1) is 0 Å². The molecule has 11 aromatic rings. The lowest BCUT2D eigenvalue weighted by molar-refractivity contribution is 0.621. The molecule has 0 saturated carbocycles. The molecule has 1 heterocycles. The first-order chi connectivity index (χ1) is 30.7. The molecule has 3 nitrogen and oxygen atoms in total. The Labute approximate surface area is 361 Å². The van der Waals surface area contributed by atoms with Gasteiger partial charge in [0.05, 0.1) is 5.69 Å². The quantitative estimate of drug-likeness (QED) is 0.146. The molecule has 1 aromatic heterocycles. The van der Waals surface area contributed by atoms with Crippen molar-refractivity contribution in [3.8, 4) is 67.1 Å². The SMILES string of the molecule is c1ccc(-c2ccc(N(c3cc(-c4ccccc4)cc(-c4cc5ccccc5c5nc(-c6ccccc6)oc45)c3)c3ccc(-c4ccccc4)cc3-c3ccccc3)cc2)cc1. The van der Waals surface area contributed by atoms with Crippen molar-refractivity contribution in [3.63, 3.8) is 0 Å². The van der Waals surface area contributed by atoms with Gasteiger partial charge in [-0.05, 0) is 111 Å². The van der Waals surface area contributed by atoms with Crippen LogP contribution in [0.3, 0.4) is 0 Å². The van der Waals surface area contributed by atoms with Crippen LogP contribution in [0.4, 0.5) is 17.1 Å². The zero-order chi connectivity index (χ0) is 41.2. The highest BCUT2D eigenvalue weighted by Gasteiger charge is 2.23. The predicted octanol–water partition coefficient (Wildman–Crippen LogP) is 16.5. The van der Waals surface area contributed by atoms with Gasteiger partial charge in [-0.25, -0.2) is 4.98 Å². The van der Waals surface area contributed by atoms with Gasteiger partial charge in [0.25, 0.3) is 0 Å². The maximum absolute atomic E-state index is 6.83. The van der Waals surface area contributed by atoms with Gasteiger partial charge in [0.2, 0.25) is 5.89 Å². The predicted molar refractivity (Wildman–Crippen MR) is 259 cm³/mol. The molecule has 0 unspecified atom stereocenters. The summed E-state index contributed by atoms with van der Waals surface area (Å²) in [6.45, 7) is 0. The van der Waals surface area contributed by atoms with Crippen LogP contribution in [0.15, 0.2) is 247 Å². The maximum Gasteiger partial charge on any atom is 0.227 e. The molecule has 0 spiro atoms. The standard InChI is InChI=1S/C59H40N2O/c1-6-18-41(19-7-1)44-30-33-51(34-31-44)61(56-35-32-47(42-20-8-2-9-21-42)39-54(56)45-24-12-4-13-25-45)52-37-49(43-22-10-3-11-23-43)36-50(38-52)55-40-48-28-16-17-29-53(48)57-58(55)62-59(60-57)46-26-14-5-15-27-46/h1-40H. The Hall–Kier alpha value is -8.27. The number of benzene rings is 10. The molecule has 292 valence electrons. The molecule has 0 aliphatic rings. The van der Waals surface area contributed by atoms with E-state index in [2.05, 4.69) is 229 Å². The number of anilines is 3. The fourth-order valence-corrected chi connectivity index (χ4v) is 8.61. The Kier molecular flexibility index (Phi) is 9.53. The van der Waals surface area contributed by atoms with Crippen molar-refractivity contribution in [2.24, 2.45) is 0 Å². The molecule has 0 amide bonds. The molecule has 0 aliphatic heterocycles. The second kappa shape index (κ2) is 16.1. The van der Waals surface area contributed by atoms with E-state index in [4.69, 9.17) is 9.40 Å². The van der Waals surface area contributed by atoms with Gasteiger partial charge >= 0.3 is 0 Å². The van der Waals surface area contributed by atoms with Gasteiger partial charge in [0.1, 0.15) is 5.52 Å². The van der Waals surface area contributed by atoms with E-state index in [1.54, 1.807) is 0 Å². The lowest BCUT2D eigenvalue weighted by Crippen LogP contribution is -2.12. The first kappa shape index (κ1) is 36.8. The van der Waals surface area contributed by atoms with Gasteiger partial charge in [0.15, 0.2) is 5.58 Å². The molecule has 0 atom stereocenters. The molecule has 0 fully saturated rings. The molecular weight excluding hydrogens is 753 g/mol. The van der Waals surface area contributed by atoms with Crippen molar-refractivity contribution in [1.29, 1.82) is 0 Å². The third kappa shape index (κ3) is 7.02. The number of aromatic nitrogens is 1. The van der Waals surface area contributed by atoms with Crippen LogP contribution in [-0.4, -0.2) is 4.98 Å². The van der Waals surface area contributed by atoms with Crippen LogP contribution in [0.1, 0.15) is 0 Å². The molecule has 0 bridgehead atoms. The summed E-state index contributed by atoms with van der Waals surface area (Å²) < 4.78 is 6.83. The maximum atomic E-state index is 6.83. The van der Waals surface area contributed by atoms with E-state index in [0.717, 1.165) is 89.0 Å². The summed E-state index contributed by atoms with van der Waals surface area (Å²) in [5, 5.41) is 2.16. The number of nitrogens with zero attached hydrogens (tertiary/aromatic N) is 2. The Balaban J connectivity index is 1.18. The molecule has 11 rings (SSSR count). The number of hydrogen-bond donors (Lipinski definition) is 0. The zero-order valence-electron chi connectivity index (χ0n) is 33.9. The van der Waals surface area contributed by atoms with Gasteiger partial charge < -0.3 is 9.32 Å². The highest BCUT2D eigenvalue weighted by atomic mass is 16.3. The van der Waals surface area contributed by atoms with Gasteiger partial charge in [-0.3, -0.25) is 0 Å². The number of rotatable bonds is 9. The molecule has 62 heavy (non-hydrogen) atoms. The fraction of sp³-hybridized carbons (Fsp3) is 0. The second-order valence-electron chi connectivity index (χ2n) is 15.6. The first-order valence-corrected chi connectivity index (χ1v) is 21.0. The van der Waals surface area contributed by atoms with Crippen molar-refractivity contribution >= 4 is 38.9 Å². The summed E-state index contributed by atoms with van der Waals surface area (Å²) in [7, 11) is 0. The third-order valence-corrected chi connectivity index (χ3v) is 11.7. The van der Waals surface area contributed by atoms with Crippen molar-refractivity contribution < 1.29 is 4.42 Å². The summed E-state index contributed by atoms with van der Waals surface area (Å²) in [6.07, 6.45) is 0. The number of fused-ring (bicyclic) bond motifs is 3. The van der Waals surface area contributed by atoms with Crippen LogP contribution in [0.25, 0.3) is 89.0 Å². The first-order valence-electron chi connectivity index (χ1n) is 21.0. The minimum absolute atomic E-state index is 0.601. The zero-order valence-corrected chi connectivity index (χ0v) is 33.9. The van der Waals surface area contributed by atoms with Crippen molar-refractivity contribution in [2.45, 2.75) is 0 Å². The van der Waals surface area contributed by atoms with Crippen LogP contribution in [0, 0.1) is 0 Å². The monoisotopic (exact) mass is 792 g/mol. The average molecular weight is 793 g/mol. The minimum atomic E-state index is 0.601. The van der Waals surface area contributed by atoms with Crippen molar-refractivity contribution in [2.75, 3.05) is 4.90 Å². The fourth-order valence-electron chi connectivity index (χ4n) is 8.61. The Bertz CT molecular complexity index is 3310. The van der Waals surface area contributed by atoms with Crippen LogP contribution in [0.2, 0.25) is 0 Å². The Morgan fingerprint density at radius 3 is 1.47 bits per heavy atom. The molecule has 0 radical (unpaired) electrons. The summed E-state index contributed by atoms with van der Waals surface area (Å²) in [5.41, 5.74) is 16.8. The van der Waals surface area contributed by atoms with E-state index in [-0.39, 0.29) is 0 Å². The van der Waals surface area contributed by atoms with E-state index in [9.17, 15) is 0 Å². The Morgan fingerprint density at radius 2 is 0.823 bits per heavy atom. The van der Waals surface area contributed by atoms with E-state index >= 15 is 0 Å². The van der Waals surface area contributed by atoms with Crippen molar-refractivity contribution in [1.82, 2.24) is 4.98 Å². The van der Waals surface area contributed by atoms with Crippen LogP contribution in [0.5, 0.6) is 0 Å². The summed E-state index contributed by atoms with van der Waals surface area (Å²) >= 11 is 0. The molecule has 0 saturated heterocycles. The topological polar surface area (TPSA) is 29.3 Å². The van der Waals surface area contributed by atoms with E-state index < -0.39 is 0 Å². The van der Waals surface area contributed by atoms with Crippen molar-refractivity contribution in [3.05, 3.63) is 243 Å². The molecule has 0 N–H and O–H groups in total. The lowest BCUT2D eigenvalue weighted by Gasteiger charge is -2.29. The lowest BCUT2D eigenvalue weighted by atomic mass is 9.93. The molecule has 0 aliphatic carbocycles. The average Bonchev–Trinajstić information content (AvgIpc) is 3.82. The van der Waals surface area contributed by atoms with Crippen LogP contribution in [-0.2, 0) is 0 Å². The summed E-state index contributed by atoms with van der Waals surface area (Å²) in [5.74, 6) is 0.601. The molecule has 3 heteroatoms. The van der Waals surface area contributed by atoms with E-state index in [0.29, 0.717) is 5.89 Å². The van der Waals surface area contributed by atoms with Gasteiger partial charge in [-0.2, -0.15) is 0 Å². The minimum Gasteiger partial charge on any atom is -0.435 e. The second-order valence-corrected chi connectivity index (χ2v) is 15.6. The summed E-state index contributed by atoms with van der Waals surface area (Å²) in [6, 6.07) is 86.2. The van der Waals surface area contributed by atoms with Crippen LogP contribution < -0.4 is 4.90 Å². The highest BCUT2D eigenvalue weighted by molar-refractivity contribution is 6.11. The number of oxazole rings is 1. The highest BCUT2D eigenvalue weighted by Crippen LogP contribution is 2.46. The normalized spacial score (nSPS) is 11.2. The molecular formula is C59H40N2O. The third-order valence-electron chi connectivity index (χ3n) is 11.7. The number of hydrogen-bond acceptors (Lipinski definition) is 3. The largest absolute Gasteiger partial charge is 0.435 e. The smallest absolute Gasteiger partial charge is 0.227 e. The van der Waals surface area contributed by atoms with E-state index in [1.807, 2.05) is 18.2 Å². The van der Waals surface area contributed by atoms with E-state index in [1.165, 1.54) is 11.1 Å².